The number of nitrogens with one attached hydrogen (secondary N) is 2. The van der Waals surface area contributed by atoms with E-state index in [4.69, 9.17) is 28.0 Å². The standard InChI is InChI=1S/C49H57F3N9O8P/c1-32(2)61(33(3)4)70(67-28-14-26-53)69-39-29-42(60-41(17-12-13-27-54-46(63)49(50,51)52)56-43-44(60)57-47(58-45(43)62)55-31-59(5)6)68-40(39)30-66-48(34-15-10-9-11-16-34,35-18-22-37(64-7)23-19-35)36-20-24-38(65-8)25-21-36/h9-11,15-16,18-25,31-33,39-40,42H,13-14,27-30H2,1-8H3,(H,54,63)(H,57,58,62)/b55-31+/t39-,40+,42+,70?/m0/s1. The summed E-state index contributed by atoms with van der Waals surface area (Å²) >= 11 is 0. The van der Waals surface area contributed by atoms with E-state index in [1.165, 1.54) is 10.9 Å². The lowest BCUT2D eigenvalue weighted by Gasteiger charge is -2.39. The predicted molar refractivity (Wildman–Crippen MR) is 257 cm³/mol. The number of aliphatic imine (C=N–C) groups is 1. The fraction of sp³-hybridized carbons (Fsp3) is 0.429. The summed E-state index contributed by atoms with van der Waals surface area (Å²) in [6, 6.07) is 26.9. The Hall–Kier alpha value is -6.38. The summed E-state index contributed by atoms with van der Waals surface area (Å²) in [7, 11) is 4.83. The van der Waals surface area contributed by atoms with Gasteiger partial charge in [0.2, 0.25) is 5.95 Å². The smallest absolute Gasteiger partial charge is 0.471 e. The highest BCUT2D eigenvalue weighted by atomic mass is 31.2. The molecule has 17 nitrogen and oxygen atoms in total. The molecule has 2 N–H and O–H groups in total. The van der Waals surface area contributed by atoms with Gasteiger partial charge in [-0.25, -0.2) is 14.6 Å². The van der Waals surface area contributed by atoms with Gasteiger partial charge in [-0.15, -0.1) is 0 Å². The van der Waals surface area contributed by atoms with E-state index in [1.54, 1.807) is 33.2 Å². The molecule has 21 heteroatoms. The normalized spacial score (nSPS) is 16.7. The van der Waals surface area contributed by atoms with Gasteiger partial charge in [-0.3, -0.25) is 19.1 Å². The predicted octanol–water partition coefficient (Wildman–Crippen LogP) is 7.74. The van der Waals surface area contributed by atoms with Crippen molar-refractivity contribution in [1.82, 2.24) is 34.4 Å². The number of ether oxygens (including phenoxy) is 4. The van der Waals surface area contributed by atoms with Gasteiger partial charge in [0, 0.05) is 45.6 Å². The van der Waals surface area contributed by atoms with Crippen molar-refractivity contribution in [3.63, 3.8) is 0 Å². The number of aromatic nitrogens is 4. The number of H-pyrrole nitrogens is 1. The molecule has 372 valence electrons. The van der Waals surface area contributed by atoms with Crippen LogP contribution in [0.15, 0.2) is 88.6 Å². The second-order valence-electron chi connectivity index (χ2n) is 16.8. The molecule has 1 fully saturated rings. The molecule has 1 saturated heterocycles. The Morgan fingerprint density at radius 2 is 1.59 bits per heavy atom. The molecular formula is C49H57F3N9O8P. The summed E-state index contributed by atoms with van der Waals surface area (Å²) in [5.41, 5.74) is 0.384. The monoisotopic (exact) mass is 987 g/mol. The molecule has 70 heavy (non-hydrogen) atoms. The number of carbonyl (C=O) groups is 1. The summed E-state index contributed by atoms with van der Waals surface area (Å²) in [5.74, 6) is 4.80. The van der Waals surface area contributed by atoms with E-state index in [0.717, 1.165) is 16.7 Å². The topological polar surface area (TPSA) is 191 Å². The minimum Gasteiger partial charge on any atom is -0.497 e. The maximum absolute atomic E-state index is 13.7. The van der Waals surface area contributed by atoms with E-state index < -0.39 is 56.8 Å². The third kappa shape index (κ3) is 12.7. The molecule has 1 aliphatic heterocycles. The van der Waals surface area contributed by atoms with Crippen LogP contribution in [0.25, 0.3) is 11.2 Å². The average molecular weight is 988 g/mol. The summed E-state index contributed by atoms with van der Waals surface area (Å²) in [4.78, 5) is 43.0. The number of carbonyl (C=O) groups excluding carboxylic acids is 1. The summed E-state index contributed by atoms with van der Waals surface area (Å²) < 4.78 is 81.4. The van der Waals surface area contributed by atoms with Crippen molar-refractivity contribution in [1.29, 1.82) is 5.26 Å². The number of imidazole rings is 1. The summed E-state index contributed by atoms with van der Waals surface area (Å²) in [6.45, 7) is 7.68. The Labute approximate surface area is 405 Å². The quantitative estimate of drug-likeness (QED) is 0.0182. The zero-order chi connectivity index (χ0) is 50.6. The van der Waals surface area contributed by atoms with Crippen LogP contribution in [0.3, 0.4) is 0 Å². The van der Waals surface area contributed by atoms with Gasteiger partial charge < -0.3 is 38.2 Å². The number of nitrogens with zero attached hydrogens (tertiary/aromatic N) is 7. The van der Waals surface area contributed by atoms with Crippen molar-refractivity contribution in [2.45, 2.75) is 89.3 Å². The van der Waals surface area contributed by atoms with Crippen LogP contribution in [0.2, 0.25) is 0 Å². The van der Waals surface area contributed by atoms with Gasteiger partial charge in [0.25, 0.3) is 14.1 Å². The number of aromatic amines is 1. The molecular weight excluding hydrogens is 931 g/mol. The SMILES string of the molecule is COc1ccc(C(OC[C@H]2O[C@@H](n3c(C#CCCNC(=O)C(F)(F)F)nc4c(=O)[nH]c(/N=C/N(C)C)nc43)C[C@@H]2OP(OCCC#N)N(C(C)C)C(C)C)(c2ccccc2)c2ccc(OC)cc2)cc1. The number of fused-ring (bicyclic) bond motifs is 1. The maximum atomic E-state index is 13.7. The van der Waals surface area contributed by atoms with Gasteiger partial charge in [0.15, 0.2) is 17.0 Å². The van der Waals surface area contributed by atoms with Gasteiger partial charge in [0.05, 0.1) is 52.4 Å². The highest BCUT2D eigenvalue weighted by Crippen LogP contribution is 2.51. The first-order valence-corrected chi connectivity index (χ1v) is 23.6. The summed E-state index contributed by atoms with van der Waals surface area (Å²) in [6.07, 6.45) is -6.23. The average Bonchev–Trinajstić information content (AvgIpc) is 3.91. The zero-order valence-electron chi connectivity index (χ0n) is 40.2. The molecule has 0 saturated carbocycles. The molecule has 4 atom stereocenters. The second-order valence-corrected chi connectivity index (χ2v) is 18.2. The number of hydrogen-bond donors (Lipinski definition) is 2. The molecule has 1 unspecified atom stereocenters. The van der Waals surface area contributed by atoms with Crippen LogP contribution in [-0.4, -0.2) is 120 Å². The number of methoxy groups -OCH3 is 2. The zero-order valence-corrected chi connectivity index (χ0v) is 41.1. The Morgan fingerprint density at radius 1 is 0.971 bits per heavy atom. The van der Waals surface area contributed by atoms with E-state index in [1.807, 2.05) is 112 Å². The van der Waals surface area contributed by atoms with Crippen molar-refractivity contribution >= 4 is 37.9 Å². The number of benzene rings is 3. The summed E-state index contributed by atoms with van der Waals surface area (Å²) in [5, 5.41) is 11.3. The van der Waals surface area contributed by atoms with Gasteiger partial charge in [-0.2, -0.15) is 23.4 Å². The van der Waals surface area contributed by atoms with Crippen LogP contribution in [0, 0.1) is 23.2 Å². The van der Waals surface area contributed by atoms with Crippen molar-refractivity contribution < 1.29 is 46.0 Å². The minimum atomic E-state index is -5.06. The highest BCUT2D eigenvalue weighted by molar-refractivity contribution is 7.44. The van der Waals surface area contributed by atoms with Crippen molar-refractivity contribution in [3.8, 4) is 29.4 Å². The molecule has 3 aromatic carbocycles. The van der Waals surface area contributed by atoms with Crippen molar-refractivity contribution in [2.75, 3.05) is 48.1 Å². The Morgan fingerprint density at radius 3 is 2.14 bits per heavy atom. The molecule has 5 aromatic rings. The first-order chi connectivity index (χ1) is 33.5. The fourth-order valence-electron chi connectivity index (χ4n) is 7.86. The molecule has 0 aliphatic carbocycles. The van der Waals surface area contributed by atoms with Gasteiger partial charge >= 0.3 is 12.1 Å². The first kappa shape index (κ1) is 53.0. The Balaban J connectivity index is 1.50. The molecule has 0 bridgehead atoms. The number of rotatable bonds is 21. The van der Waals surface area contributed by atoms with E-state index in [2.05, 4.69) is 42.5 Å². The number of nitriles is 1. The van der Waals surface area contributed by atoms with E-state index in [0.29, 0.717) is 11.5 Å². The Bertz CT molecular complexity index is 2660. The third-order valence-electron chi connectivity index (χ3n) is 10.9. The third-order valence-corrected chi connectivity index (χ3v) is 13.1. The van der Waals surface area contributed by atoms with Crippen LogP contribution in [-0.2, 0) is 28.9 Å². The first-order valence-electron chi connectivity index (χ1n) is 22.5. The van der Waals surface area contributed by atoms with Crippen LogP contribution < -0.4 is 20.3 Å². The van der Waals surface area contributed by atoms with Crippen molar-refractivity contribution in [2.24, 2.45) is 4.99 Å². The van der Waals surface area contributed by atoms with Crippen molar-refractivity contribution in [3.05, 3.63) is 112 Å². The van der Waals surface area contributed by atoms with E-state index in [9.17, 15) is 28.0 Å². The highest BCUT2D eigenvalue weighted by Gasteiger charge is 2.46. The van der Waals surface area contributed by atoms with E-state index >= 15 is 0 Å². The molecule has 0 spiro atoms. The van der Waals surface area contributed by atoms with Crippen LogP contribution in [0.5, 0.6) is 11.5 Å². The van der Waals surface area contributed by atoms with Gasteiger partial charge in [-0.1, -0.05) is 60.5 Å². The molecule has 2 aromatic heterocycles. The number of alkyl halides is 3. The van der Waals surface area contributed by atoms with Gasteiger partial charge in [-0.05, 0) is 74.6 Å². The van der Waals surface area contributed by atoms with E-state index in [-0.39, 0.29) is 67.5 Å². The van der Waals surface area contributed by atoms with Crippen LogP contribution >= 0.6 is 8.53 Å². The Kier molecular flexibility index (Phi) is 18.1. The molecule has 1 amide bonds. The molecule has 3 heterocycles. The van der Waals surface area contributed by atoms with Gasteiger partial charge in [0.1, 0.15) is 29.4 Å². The maximum Gasteiger partial charge on any atom is 0.471 e. The lowest BCUT2D eigenvalue weighted by molar-refractivity contribution is -0.173. The number of amides is 1. The van der Waals surface area contributed by atoms with Crippen LogP contribution in [0.1, 0.15) is 75.7 Å². The number of hydrogen-bond acceptors (Lipinski definition) is 13. The largest absolute Gasteiger partial charge is 0.497 e. The number of halogens is 3. The second kappa shape index (κ2) is 24.0. The molecule has 6 rings (SSSR count). The van der Waals surface area contributed by atoms with Crippen LogP contribution in [0.4, 0.5) is 19.1 Å². The minimum absolute atomic E-state index is 0.00262. The molecule has 0 radical (unpaired) electrons. The lowest BCUT2D eigenvalue weighted by atomic mass is 9.80. The molecule has 1 aliphatic rings. The lowest BCUT2D eigenvalue weighted by Crippen LogP contribution is -2.39. The fourth-order valence-corrected chi connectivity index (χ4v) is 9.61.